The number of rotatable bonds is 4. The lowest BCUT2D eigenvalue weighted by molar-refractivity contribution is -0.137. The third kappa shape index (κ3) is 7.73. The maximum absolute atomic E-state index is 12.9. The van der Waals surface area contributed by atoms with Crippen LogP contribution in [0.3, 0.4) is 0 Å². The van der Waals surface area contributed by atoms with Crippen molar-refractivity contribution < 1.29 is 29.4 Å². The predicted molar refractivity (Wildman–Crippen MR) is 133 cm³/mol. The number of allylic oxidation sites excluding steroid dienone is 4. The number of oxime groups is 1. The standard InChI is InChI=1S/C27H34N2O6/c1-3-20-10-6-4-7-11-22(28-34-18-25(32)29-12-8-5-9-13-29)15-21-16-23(30)17-24(31)26(21)27(33)35-19(2)14-20/h3,7,10-11,16-17,19,30-31H,1,4-6,8-9,12-15,18H2,2H3/b11-7+,20-10+,28-22+/t19-/m1/s1. The van der Waals surface area contributed by atoms with Gasteiger partial charge in [-0.05, 0) is 62.3 Å². The number of benzene rings is 1. The van der Waals surface area contributed by atoms with Crippen molar-refractivity contribution in [2.75, 3.05) is 19.7 Å². The van der Waals surface area contributed by atoms with Crippen molar-refractivity contribution in [3.8, 4) is 11.5 Å². The first-order valence-electron chi connectivity index (χ1n) is 12.1. The fraction of sp³-hybridized carbons (Fsp3) is 0.444. The highest BCUT2D eigenvalue weighted by Gasteiger charge is 2.23. The molecule has 2 heterocycles. The minimum Gasteiger partial charge on any atom is -0.508 e. The molecule has 8 heteroatoms. The summed E-state index contributed by atoms with van der Waals surface area (Å²) in [6, 6.07) is 2.49. The van der Waals surface area contributed by atoms with Gasteiger partial charge in [0.25, 0.3) is 5.91 Å². The Bertz CT molecular complexity index is 1020. The SMILES string of the molecule is C=C/C1=C\CC/C=C/C(=N\OCC(=O)N2CCCCC2)Cc2cc(O)cc(O)c2C(=O)O[C@H](C)C1. The second-order valence-corrected chi connectivity index (χ2v) is 8.86. The average molecular weight is 483 g/mol. The zero-order valence-corrected chi connectivity index (χ0v) is 20.2. The second-order valence-electron chi connectivity index (χ2n) is 8.86. The van der Waals surface area contributed by atoms with Crippen LogP contribution in [0, 0.1) is 0 Å². The van der Waals surface area contributed by atoms with Gasteiger partial charge in [0.2, 0.25) is 0 Å². The van der Waals surface area contributed by atoms with E-state index in [-0.39, 0.29) is 36.0 Å². The van der Waals surface area contributed by atoms with Gasteiger partial charge in [0, 0.05) is 32.0 Å². The van der Waals surface area contributed by atoms with Crippen LogP contribution in [0.5, 0.6) is 11.5 Å². The van der Waals surface area contributed by atoms with Gasteiger partial charge in [-0.15, -0.1) is 0 Å². The van der Waals surface area contributed by atoms with Crippen molar-refractivity contribution in [1.82, 2.24) is 4.90 Å². The number of aromatic hydroxyl groups is 2. The van der Waals surface area contributed by atoms with E-state index in [0.29, 0.717) is 17.7 Å². The summed E-state index contributed by atoms with van der Waals surface area (Å²) in [7, 11) is 0. The Hall–Kier alpha value is -3.55. The fourth-order valence-corrected chi connectivity index (χ4v) is 4.22. The number of fused-ring (bicyclic) bond motifs is 1. The number of ether oxygens (including phenoxy) is 1. The fourth-order valence-electron chi connectivity index (χ4n) is 4.22. The lowest BCUT2D eigenvalue weighted by atomic mass is 9.99. The molecule has 2 N–H and O–H groups in total. The van der Waals surface area contributed by atoms with Gasteiger partial charge in [-0.1, -0.05) is 30.0 Å². The number of esters is 1. The summed E-state index contributed by atoms with van der Waals surface area (Å²) in [6.07, 6.45) is 12.2. The first-order chi connectivity index (χ1) is 16.9. The van der Waals surface area contributed by atoms with E-state index in [1.807, 2.05) is 12.2 Å². The van der Waals surface area contributed by atoms with Gasteiger partial charge in [-0.3, -0.25) is 4.79 Å². The van der Waals surface area contributed by atoms with Gasteiger partial charge in [0.1, 0.15) is 23.2 Å². The molecule has 0 spiro atoms. The molecule has 2 aliphatic heterocycles. The summed E-state index contributed by atoms with van der Waals surface area (Å²) in [5, 5.41) is 24.7. The number of cyclic esters (lactones) is 1. The van der Waals surface area contributed by atoms with Crippen molar-refractivity contribution in [3.05, 3.63) is 59.7 Å². The van der Waals surface area contributed by atoms with Gasteiger partial charge >= 0.3 is 5.97 Å². The van der Waals surface area contributed by atoms with E-state index in [9.17, 15) is 19.8 Å². The van der Waals surface area contributed by atoms with E-state index >= 15 is 0 Å². The van der Waals surface area contributed by atoms with Gasteiger partial charge < -0.3 is 24.7 Å². The third-order valence-corrected chi connectivity index (χ3v) is 5.98. The van der Waals surface area contributed by atoms with E-state index in [0.717, 1.165) is 56.8 Å². The highest BCUT2D eigenvalue weighted by atomic mass is 16.6. The Balaban J connectivity index is 1.87. The number of carbonyl (C=O) groups is 2. The Labute approximate surface area is 206 Å². The van der Waals surface area contributed by atoms with Crippen LogP contribution in [0.1, 0.15) is 61.4 Å². The van der Waals surface area contributed by atoms with Gasteiger partial charge in [-0.2, -0.15) is 0 Å². The number of amides is 1. The number of likely N-dealkylation sites (tertiary alicyclic amines) is 1. The van der Waals surface area contributed by atoms with Crippen molar-refractivity contribution >= 4 is 17.6 Å². The Kier molecular flexibility index (Phi) is 9.52. The van der Waals surface area contributed by atoms with E-state index in [1.54, 1.807) is 24.0 Å². The van der Waals surface area contributed by atoms with Gasteiger partial charge in [0.05, 0.1) is 5.71 Å². The zero-order chi connectivity index (χ0) is 25.2. The van der Waals surface area contributed by atoms with Crippen LogP contribution in [0.4, 0.5) is 0 Å². The molecule has 0 saturated carbocycles. The summed E-state index contributed by atoms with van der Waals surface area (Å²) < 4.78 is 5.58. The molecule has 1 atom stereocenters. The molecular formula is C27H34N2O6. The van der Waals surface area contributed by atoms with Crippen LogP contribution in [0.25, 0.3) is 0 Å². The van der Waals surface area contributed by atoms with Crippen LogP contribution in [-0.2, 0) is 20.8 Å². The number of phenolic OH excluding ortho intramolecular Hbond substituents is 2. The van der Waals surface area contributed by atoms with Crippen LogP contribution in [0.2, 0.25) is 0 Å². The van der Waals surface area contributed by atoms with Crippen molar-refractivity contribution in [2.24, 2.45) is 5.16 Å². The molecule has 1 aromatic rings. The second kappa shape index (κ2) is 12.8. The number of nitrogens with zero attached hydrogens (tertiary/aromatic N) is 2. The molecule has 3 rings (SSSR count). The molecule has 8 nitrogen and oxygen atoms in total. The van der Waals surface area contributed by atoms with Crippen molar-refractivity contribution in [1.29, 1.82) is 0 Å². The molecule has 0 unspecified atom stereocenters. The molecule has 1 aromatic carbocycles. The monoisotopic (exact) mass is 482 g/mol. The average Bonchev–Trinajstić information content (AvgIpc) is 2.82. The molecule has 0 bridgehead atoms. The number of phenols is 2. The smallest absolute Gasteiger partial charge is 0.342 e. The van der Waals surface area contributed by atoms with E-state index in [4.69, 9.17) is 9.57 Å². The Morgan fingerprint density at radius 3 is 2.77 bits per heavy atom. The molecule has 1 amide bonds. The summed E-state index contributed by atoms with van der Waals surface area (Å²) in [6.45, 7) is 6.88. The lowest BCUT2D eigenvalue weighted by Crippen LogP contribution is -2.37. The van der Waals surface area contributed by atoms with E-state index in [2.05, 4.69) is 11.7 Å². The van der Waals surface area contributed by atoms with Gasteiger partial charge in [-0.25, -0.2) is 4.79 Å². The van der Waals surface area contributed by atoms with Gasteiger partial charge in [0.15, 0.2) is 6.61 Å². The molecule has 0 aliphatic carbocycles. The van der Waals surface area contributed by atoms with Crippen molar-refractivity contribution in [3.63, 3.8) is 0 Å². The van der Waals surface area contributed by atoms with Crippen LogP contribution in [-0.4, -0.2) is 58.5 Å². The first-order valence-corrected chi connectivity index (χ1v) is 12.1. The minimum atomic E-state index is -0.699. The van der Waals surface area contributed by atoms with Crippen LogP contribution < -0.4 is 0 Å². The maximum atomic E-state index is 12.9. The number of carbonyl (C=O) groups excluding carboxylic acids is 2. The summed E-state index contributed by atoms with van der Waals surface area (Å²) >= 11 is 0. The third-order valence-electron chi connectivity index (χ3n) is 5.98. The Morgan fingerprint density at radius 1 is 1.26 bits per heavy atom. The minimum absolute atomic E-state index is 0.0404. The van der Waals surface area contributed by atoms with Crippen LogP contribution >= 0.6 is 0 Å². The molecule has 35 heavy (non-hydrogen) atoms. The molecule has 0 aromatic heterocycles. The van der Waals surface area contributed by atoms with Crippen molar-refractivity contribution in [2.45, 2.75) is 58.0 Å². The maximum Gasteiger partial charge on any atom is 0.342 e. The topological polar surface area (TPSA) is 109 Å². The molecule has 1 fully saturated rings. The Morgan fingerprint density at radius 2 is 2.03 bits per heavy atom. The van der Waals surface area contributed by atoms with E-state index in [1.165, 1.54) is 6.07 Å². The molecule has 2 aliphatic rings. The highest BCUT2D eigenvalue weighted by molar-refractivity contribution is 6.00. The number of hydrogen-bond acceptors (Lipinski definition) is 7. The summed E-state index contributed by atoms with van der Waals surface area (Å²) in [4.78, 5) is 32.5. The zero-order valence-electron chi connectivity index (χ0n) is 20.2. The predicted octanol–water partition coefficient (Wildman–Crippen LogP) is 4.42. The number of hydrogen-bond donors (Lipinski definition) is 2. The quantitative estimate of drug-likeness (QED) is 0.486. The largest absolute Gasteiger partial charge is 0.508 e. The molecular weight excluding hydrogens is 448 g/mol. The van der Waals surface area contributed by atoms with E-state index < -0.39 is 12.1 Å². The molecule has 1 saturated heterocycles. The molecule has 188 valence electrons. The first kappa shape index (κ1) is 26.1. The van der Waals surface area contributed by atoms with Crippen LogP contribution in [0.15, 0.2) is 53.7 Å². The lowest BCUT2D eigenvalue weighted by Gasteiger charge is -2.26. The summed E-state index contributed by atoms with van der Waals surface area (Å²) in [5.74, 6) is -1.39. The normalized spacial score (nSPS) is 23.3. The highest BCUT2D eigenvalue weighted by Crippen LogP contribution is 2.30. The molecule has 0 radical (unpaired) electrons. The summed E-state index contributed by atoms with van der Waals surface area (Å²) in [5.41, 5.74) is 1.69. The number of piperidine rings is 1.